The lowest BCUT2D eigenvalue weighted by Crippen LogP contribution is -2.12. The number of nitrogens with zero attached hydrogens (tertiary/aromatic N) is 4. The Morgan fingerprint density at radius 1 is 1.50 bits per heavy atom. The van der Waals surface area contributed by atoms with E-state index in [4.69, 9.17) is 5.11 Å². The Morgan fingerprint density at radius 2 is 2.25 bits per heavy atom. The zero-order valence-electron chi connectivity index (χ0n) is 10.3. The van der Waals surface area contributed by atoms with Crippen LogP contribution in [0, 0.1) is 0 Å². The molecule has 2 aromatic heterocycles. The highest BCUT2D eigenvalue weighted by molar-refractivity contribution is 7.93. The van der Waals surface area contributed by atoms with Crippen molar-refractivity contribution in [1.29, 1.82) is 0 Å². The monoisotopic (exact) mass is 317 g/mol. The van der Waals surface area contributed by atoms with Gasteiger partial charge in [-0.15, -0.1) is 10.2 Å². The molecular formula is C9H11N5O4S2. The summed E-state index contributed by atoms with van der Waals surface area (Å²) in [6.45, 7) is 1.48. The molecule has 0 spiro atoms. The molecule has 2 heterocycles. The highest BCUT2D eigenvalue weighted by Gasteiger charge is 2.19. The van der Waals surface area contributed by atoms with Crippen LogP contribution in [0.5, 0.6) is 0 Å². The van der Waals surface area contributed by atoms with Crippen LogP contribution in [-0.2, 0) is 27.8 Å². The number of nitrogens with one attached hydrogen (secondary N) is 1. The molecule has 0 fully saturated rings. The van der Waals surface area contributed by atoms with Crippen molar-refractivity contribution in [3.05, 3.63) is 17.4 Å². The SMILES string of the molecule is CCc1nnc(NS(=O)(=O)c2cnn(CC(=O)O)c2)s1. The number of carboxylic acid groups (broad SMARTS) is 1. The maximum Gasteiger partial charge on any atom is 0.325 e. The van der Waals surface area contributed by atoms with Crippen LogP contribution in [0.4, 0.5) is 5.13 Å². The van der Waals surface area contributed by atoms with Crippen LogP contribution in [0.2, 0.25) is 0 Å². The van der Waals surface area contributed by atoms with Crippen molar-refractivity contribution in [3.8, 4) is 0 Å². The predicted octanol–water partition coefficient (Wildman–Crippen LogP) is 0.182. The minimum atomic E-state index is -3.84. The molecule has 108 valence electrons. The van der Waals surface area contributed by atoms with Crippen LogP contribution in [0.15, 0.2) is 17.3 Å². The van der Waals surface area contributed by atoms with Gasteiger partial charge in [0.2, 0.25) is 5.13 Å². The van der Waals surface area contributed by atoms with Crippen molar-refractivity contribution >= 4 is 32.5 Å². The van der Waals surface area contributed by atoms with Gasteiger partial charge in [-0.25, -0.2) is 8.42 Å². The third-order valence-electron chi connectivity index (χ3n) is 2.21. The van der Waals surface area contributed by atoms with Crippen molar-refractivity contribution in [3.63, 3.8) is 0 Å². The average Bonchev–Trinajstić information content (AvgIpc) is 2.97. The zero-order valence-corrected chi connectivity index (χ0v) is 12.0. The molecule has 0 unspecified atom stereocenters. The van der Waals surface area contributed by atoms with E-state index in [2.05, 4.69) is 20.0 Å². The number of anilines is 1. The van der Waals surface area contributed by atoms with Gasteiger partial charge in [0.15, 0.2) is 0 Å². The minimum Gasteiger partial charge on any atom is -0.480 e. The van der Waals surface area contributed by atoms with E-state index in [0.717, 1.165) is 28.4 Å². The summed E-state index contributed by atoms with van der Waals surface area (Å²) in [5.41, 5.74) is 0. The maximum atomic E-state index is 12.0. The van der Waals surface area contributed by atoms with E-state index in [1.807, 2.05) is 6.92 Å². The first-order chi connectivity index (χ1) is 9.40. The minimum absolute atomic E-state index is 0.132. The number of aryl methyl sites for hydroxylation is 1. The first-order valence-electron chi connectivity index (χ1n) is 5.50. The summed E-state index contributed by atoms with van der Waals surface area (Å²) in [6.07, 6.45) is 2.88. The van der Waals surface area contributed by atoms with Crippen molar-refractivity contribution in [2.24, 2.45) is 0 Å². The molecule has 0 radical (unpaired) electrons. The molecule has 0 aliphatic heterocycles. The normalized spacial score (nSPS) is 11.4. The van der Waals surface area contributed by atoms with Crippen LogP contribution in [-0.4, -0.2) is 39.5 Å². The van der Waals surface area contributed by atoms with Crippen molar-refractivity contribution in [2.45, 2.75) is 24.8 Å². The molecule has 11 heteroatoms. The summed E-state index contributed by atoms with van der Waals surface area (Å²) in [5, 5.41) is 20.7. The standard InChI is InChI=1S/C9H11N5O4S2/c1-2-7-11-12-9(19-7)13-20(17,18)6-3-10-14(4-6)5-8(15)16/h3-4H,2,5H2,1H3,(H,12,13)(H,15,16). The number of rotatable bonds is 6. The van der Waals surface area contributed by atoms with Crippen molar-refractivity contribution < 1.29 is 18.3 Å². The molecule has 0 saturated carbocycles. The van der Waals surface area contributed by atoms with Crippen LogP contribution in [0.3, 0.4) is 0 Å². The Balaban J connectivity index is 2.17. The summed E-state index contributed by atoms with van der Waals surface area (Å²) in [6, 6.07) is 0. The summed E-state index contributed by atoms with van der Waals surface area (Å²) >= 11 is 1.14. The third kappa shape index (κ3) is 3.30. The molecule has 2 aromatic rings. The van der Waals surface area contributed by atoms with Gasteiger partial charge in [-0.05, 0) is 6.42 Å². The number of hydrogen-bond donors (Lipinski definition) is 2. The second kappa shape index (κ2) is 5.54. The van der Waals surface area contributed by atoms with E-state index >= 15 is 0 Å². The van der Waals surface area contributed by atoms with Gasteiger partial charge in [-0.3, -0.25) is 14.2 Å². The van der Waals surface area contributed by atoms with E-state index in [0.29, 0.717) is 11.4 Å². The summed E-state index contributed by atoms with van der Waals surface area (Å²) in [4.78, 5) is 10.4. The summed E-state index contributed by atoms with van der Waals surface area (Å²) < 4.78 is 27.3. The maximum absolute atomic E-state index is 12.0. The fraction of sp³-hybridized carbons (Fsp3) is 0.333. The Kier molecular flexibility index (Phi) is 3.99. The number of hydrogen-bond acceptors (Lipinski definition) is 7. The van der Waals surface area contributed by atoms with Gasteiger partial charge in [0, 0.05) is 6.20 Å². The largest absolute Gasteiger partial charge is 0.480 e. The van der Waals surface area contributed by atoms with Gasteiger partial charge in [0.05, 0.1) is 6.20 Å². The first kappa shape index (κ1) is 14.4. The quantitative estimate of drug-likeness (QED) is 0.778. The van der Waals surface area contributed by atoms with Crippen LogP contribution >= 0.6 is 11.3 Å². The molecule has 0 aromatic carbocycles. The Labute approximate surface area is 118 Å². The van der Waals surface area contributed by atoms with Gasteiger partial charge >= 0.3 is 5.97 Å². The second-order valence-corrected chi connectivity index (χ2v) is 6.47. The lowest BCUT2D eigenvalue weighted by molar-refractivity contribution is -0.137. The smallest absolute Gasteiger partial charge is 0.325 e. The summed E-state index contributed by atoms with van der Waals surface area (Å²) in [7, 11) is -3.84. The number of aromatic nitrogens is 4. The topological polar surface area (TPSA) is 127 Å². The second-order valence-electron chi connectivity index (χ2n) is 3.73. The molecule has 9 nitrogen and oxygen atoms in total. The van der Waals surface area contributed by atoms with E-state index < -0.39 is 22.5 Å². The van der Waals surface area contributed by atoms with Crippen LogP contribution in [0.1, 0.15) is 11.9 Å². The molecule has 20 heavy (non-hydrogen) atoms. The molecular weight excluding hydrogens is 306 g/mol. The highest BCUT2D eigenvalue weighted by atomic mass is 32.2. The molecule has 0 amide bonds. The number of sulfonamides is 1. The predicted molar refractivity (Wildman–Crippen MR) is 70.0 cm³/mol. The molecule has 0 atom stereocenters. The highest BCUT2D eigenvalue weighted by Crippen LogP contribution is 2.19. The van der Waals surface area contributed by atoms with Gasteiger partial charge in [-0.2, -0.15) is 5.10 Å². The van der Waals surface area contributed by atoms with Gasteiger partial charge < -0.3 is 5.11 Å². The third-order valence-corrected chi connectivity index (χ3v) is 4.61. The van der Waals surface area contributed by atoms with E-state index in [-0.39, 0.29) is 10.0 Å². The van der Waals surface area contributed by atoms with Gasteiger partial charge in [0.1, 0.15) is 16.4 Å². The lowest BCUT2D eigenvalue weighted by Gasteiger charge is -2.00. The number of carbonyl (C=O) groups is 1. The lowest BCUT2D eigenvalue weighted by atomic mass is 10.5. The number of carboxylic acids is 1. The summed E-state index contributed by atoms with van der Waals surface area (Å²) in [5.74, 6) is -1.11. The molecule has 0 aliphatic carbocycles. The molecule has 0 bridgehead atoms. The fourth-order valence-electron chi connectivity index (χ4n) is 1.32. The first-order valence-corrected chi connectivity index (χ1v) is 7.80. The van der Waals surface area contributed by atoms with E-state index in [9.17, 15) is 13.2 Å². The van der Waals surface area contributed by atoms with Crippen molar-refractivity contribution in [2.75, 3.05) is 4.72 Å². The average molecular weight is 317 g/mol. The number of aliphatic carboxylic acids is 1. The molecule has 0 aliphatic rings. The van der Waals surface area contributed by atoms with Crippen LogP contribution < -0.4 is 4.72 Å². The van der Waals surface area contributed by atoms with Crippen LogP contribution in [0.25, 0.3) is 0 Å². The Hall–Kier alpha value is -2.01. The zero-order chi connectivity index (χ0) is 14.8. The van der Waals surface area contributed by atoms with E-state index in [1.165, 1.54) is 0 Å². The Bertz CT molecular complexity index is 720. The fourth-order valence-corrected chi connectivity index (χ4v) is 3.18. The van der Waals surface area contributed by atoms with Crippen molar-refractivity contribution in [1.82, 2.24) is 20.0 Å². The van der Waals surface area contributed by atoms with E-state index in [1.54, 1.807) is 0 Å². The van der Waals surface area contributed by atoms with Gasteiger partial charge in [-0.1, -0.05) is 18.3 Å². The molecule has 2 N–H and O–H groups in total. The molecule has 2 rings (SSSR count). The Morgan fingerprint density at radius 3 is 2.85 bits per heavy atom. The molecule has 0 saturated heterocycles. The van der Waals surface area contributed by atoms with Gasteiger partial charge in [0.25, 0.3) is 10.0 Å².